The van der Waals surface area contributed by atoms with Crippen LogP contribution in [0.1, 0.15) is 27.7 Å². The first kappa shape index (κ1) is 15.3. The number of amides is 1. The fourth-order valence-electron chi connectivity index (χ4n) is 1.79. The molecule has 106 valence electrons. The fourth-order valence-corrected chi connectivity index (χ4v) is 1.79. The maximum absolute atomic E-state index is 12.1. The number of benzene rings is 1. The highest BCUT2D eigenvalue weighted by molar-refractivity contribution is 5.78. The third-order valence-electron chi connectivity index (χ3n) is 2.75. The van der Waals surface area contributed by atoms with Crippen molar-refractivity contribution in [2.24, 2.45) is 5.92 Å². The number of nitrogen functional groups attached to an aromatic ring is 1. The molecule has 1 rings (SSSR count). The zero-order valence-electron chi connectivity index (χ0n) is 12.2. The highest BCUT2D eigenvalue weighted by Crippen LogP contribution is 2.13. The molecule has 0 saturated carbocycles. The summed E-state index contributed by atoms with van der Waals surface area (Å²) in [7, 11) is 0. The van der Waals surface area contributed by atoms with Crippen LogP contribution < -0.4 is 10.5 Å². The maximum Gasteiger partial charge on any atom is 0.260 e. The summed E-state index contributed by atoms with van der Waals surface area (Å²) in [6.07, 6.45) is 0. The van der Waals surface area contributed by atoms with Gasteiger partial charge in [-0.2, -0.15) is 0 Å². The summed E-state index contributed by atoms with van der Waals surface area (Å²) in [5, 5.41) is 0. The molecule has 0 aliphatic rings. The number of nitrogens with two attached hydrogens (primary N) is 1. The molecule has 0 aliphatic heterocycles. The van der Waals surface area contributed by atoms with Gasteiger partial charge in [-0.3, -0.25) is 4.79 Å². The van der Waals surface area contributed by atoms with E-state index in [9.17, 15) is 4.79 Å². The Hall–Kier alpha value is -1.71. The number of carbonyl (C=O) groups excluding carboxylic acids is 1. The maximum atomic E-state index is 12.1. The van der Waals surface area contributed by atoms with Gasteiger partial charge in [-0.05, 0) is 44.0 Å². The van der Waals surface area contributed by atoms with E-state index in [2.05, 4.69) is 13.8 Å². The first-order valence-corrected chi connectivity index (χ1v) is 6.68. The molecule has 4 nitrogen and oxygen atoms in total. The van der Waals surface area contributed by atoms with E-state index in [1.165, 1.54) is 0 Å². The van der Waals surface area contributed by atoms with Crippen molar-refractivity contribution in [2.75, 3.05) is 18.9 Å². The standard InChI is InChI=1S/C15H24N2O2/c1-11(2)9-17(12(3)4)15(18)10-19-14-7-5-13(16)6-8-14/h5-8,11-12H,9-10,16H2,1-4H3. The zero-order chi connectivity index (χ0) is 14.4. The fraction of sp³-hybridized carbons (Fsp3) is 0.533. The Morgan fingerprint density at radius 1 is 1.21 bits per heavy atom. The highest BCUT2D eigenvalue weighted by Gasteiger charge is 2.18. The normalized spacial score (nSPS) is 10.8. The Morgan fingerprint density at radius 2 is 1.79 bits per heavy atom. The van der Waals surface area contributed by atoms with E-state index in [1.54, 1.807) is 24.3 Å². The lowest BCUT2D eigenvalue weighted by atomic mass is 10.2. The Labute approximate surface area is 115 Å². The minimum atomic E-state index is 0.0144. The van der Waals surface area contributed by atoms with E-state index >= 15 is 0 Å². The smallest absolute Gasteiger partial charge is 0.260 e. The monoisotopic (exact) mass is 264 g/mol. The molecule has 1 amide bonds. The molecule has 1 aromatic carbocycles. The quantitative estimate of drug-likeness (QED) is 0.803. The molecule has 1 aromatic rings. The van der Waals surface area contributed by atoms with Crippen LogP contribution in [0.3, 0.4) is 0 Å². The molecule has 0 saturated heterocycles. The second kappa shape index (κ2) is 7.02. The van der Waals surface area contributed by atoms with Crippen LogP contribution in [-0.2, 0) is 4.79 Å². The van der Waals surface area contributed by atoms with E-state index in [0.29, 0.717) is 17.4 Å². The van der Waals surface area contributed by atoms with Crippen molar-refractivity contribution in [3.63, 3.8) is 0 Å². The number of rotatable bonds is 6. The van der Waals surface area contributed by atoms with Gasteiger partial charge in [0.15, 0.2) is 6.61 Å². The van der Waals surface area contributed by atoms with Crippen LogP contribution in [0.25, 0.3) is 0 Å². The van der Waals surface area contributed by atoms with Gasteiger partial charge in [0, 0.05) is 18.3 Å². The van der Waals surface area contributed by atoms with Gasteiger partial charge in [0.05, 0.1) is 0 Å². The lowest BCUT2D eigenvalue weighted by Gasteiger charge is -2.28. The van der Waals surface area contributed by atoms with Crippen LogP contribution in [0, 0.1) is 5.92 Å². The average molecular weight is 264 g/mol. The Bertz CT molecular complexity index is 399. The molecule has 0 atom stereocenters. The molecule has 4 heteroatoms. The predicted octanol–water partition coefficient (Wildman–Crippen LogP) is 2.54. The topological polar surface area (TPSA) is 55.6 Å². The van der Waals surface area contributed by atoms with Crippen molar-refractivity contribution in [1.29, 1.82) is 0 Å². The van der Waals surface area contributed by atoms with Gasteiger partial charge in [-0.1, -0.05) is 13.8 Å². The summed E-state index contributed by atoms with van der Waals surface area (Å²) in [5.41, 5.74) is 6.28. The molecular weight excluding hydrogens is 240 g/mol. The molecule has 19 heavy (non-hydrogen) atoms. The third kappa shape index (κ3) is 5.20. The van der Waals surface area contributed by atoms with Crippen LogP contribution in [0.5, 0.6) is 5.75 Å². The number of anilines is 1. The minimum absolute atomic E-state index is 0.0144. The molecule has 0 fully saturated rings. The second-order valence-corrected chi connectivity index (χ2v) is 5.39. The lowest BCUT2D eigenvalue weighted by molar-refractivity contribution is -0.135. The number of carbonyl (C=O) groups is 1. The zero-order valence-corrected chi connectivity index (χ0v) is 12.2. The van der Waals surface area contributed by atoms with Crippen molar-refractivity contribution in [1.82, 2.24) is 4.90 Å². The van der Waals surface area contributed by atoms with E-state index < -0.39 is 0 Å². The summed E-state index contributed by atoms with van der Waals surface area (Å²) >= 11 is 0. The van der Waals surface area contributed by atoms with Crippen LogP contribution in [0.15, 0.2) is 24.3 Å². The Balaban J connectivity index is 2.54. The van der Waals surface area contributed by atoms with Gasteiger partial charge < -0.3 is 15.4 Å². The molecule has 0 unspecified atom stereocenters. The summed E-state index contributed by atoms with van der Waals surface area (Å²) in [6.45, 7) is 9.05. The van der Waals surface area contributed by atoms with E-state index in [-0.39, 0.29) is 18.6 Å². The first-order chi connectivity index (χ1) is 8.90. The molecular formula is C15H24N2O2. The van der Waals surface area contributed by atoms with Crippen molar-refractivity contribution in [2.45, 2.75) is 33.7 Å². The molecule has 0 radical (unpaired) electrons. The predicted molar refractivity (Wildman–Crippen MR) is 78.0 cm³/mol. The summed E-state index contributed by atoms with van der Waals surface area (Å²) in [5.74, 6) is 1.12. The van der Waals surface area contributed by atoms with E-state index in [0.717, 1.165) is 6.54 Å². The summed E-state index contributed by atoms with van der Waals surface area (Å²) in [6, 6.07) is 7.24. The molecule has 0 heterocycles. The number of nitrogens with zero attached hydrogens (tertiary/aromatic N) is 1. The van der Waals surface area contributed by atoms with Gasteiger partial charge in [0.2, 0.25) is 0 Å². The van der Waals surface area contributed by atoms with Crippen molar-refractivity contribution < 1.29 is 9.53 Å². The number of hydrogen-bond acceptors (Lipinski definition) is 3. The second-order valence-electron chi connectivity index (χ2n) is 5.39. The van der Waals surface area contributed by atoms with E-state index in [4.69, 9.17) is 10.5 Å². The average Bonchev–Trinajstić information content (AvgIpc) is 2.34. The summed E-state index contributed by atoms with van der Waals surface area (Å²) in [4.78, 5) is 14.0. The largest absolute Gasteiger partial charge is 0.484 e. The summed E-state index contributed by atoms with van der Waals surface area (Å²) < 4.78 is 5.49. The minimum Gasteiger partial charge on any atom is -0.484 e. The lowest BCUT2D eigenvalue weighted by Crippen LogP contribution is -2.42. The van der Waals surface area contributed by atoms with Gasteiger partial charge in [0.1, 0.15) is 5.75 Å². The van der Waals surface area contributed by atoms with Crippen molar-refractivity contribution in [3.8, 4) is 5.75 Å². The number of hydrogen-bond donors (Lipinski definition) is 1. The molecule has 0 aliphatic carbocycles. The molecule has 2 N–H and O–H groups in total. The van der Waals surface area contributed by atoms with Crippen molar-refractivity contribution >= 4 is 11.6 Å². The molecule has 0 aromatic heterocycles. The Morgan fingerprint density at radius 3 is 2.26 bits per heavy atom. The van der Waals surface area contributed by atoms with Crippen LogP contribution in [0.2, 0.25) is 0 Å². The molecule has 0 spiro atoms. The van der Waals surface area contributed by atoms with Gasteiger partial charge in [0.25, 0.3) is 5.91 Å². The van der Waals surface area contributed by atoms with Crippen LogP contribution >= 0.6 is 0 Å². The third-order valence-corrected chi connectivity index (χ3v) is 2.75. The van der Waals surface area contributed by atoms with Crippen LogP contribution in [0.4, 0.5) is 5.69 Å². The van der Waals surface area contributed by atoms with Gasteiger partial charge in [-0.25, -0.2) is 0 Å². The highest BCUT2D eigenvalue weighted by atomic mass is 16.5. The SMILES string of the molecule is CC(C)CN(C(=O)COc1ccc(N)cc1)C(C)C. The number of ether oxygens (including phenoxy) is 1. The van der Waals surface area contributed by atoms with Crippen LogP contribution in [-0.4, -0.2) is 30.0 Å². The van der Waals surface area contributed by atoms with Gasteiger partial charge >= 0.3 is 0 Å². The first-order valence-electron chi connectivity index (χ1n) is 6.68. The molecule has 0 bridgehead atoms. The van der Waals surface area contributed by atoms with E-state index in [1.807, 2.05) is 18.7 Å². The van der Waals surface area contributed by atoms with Crippen molar-refractivity contribution in [3.05, 3.63) is 24.3 Å². The Kier molecular flexibility index (Phi) is 5.67. The van der Waals surface area contributed by atoms with Gasteiger partial charge in [-0.15, -0.1) is 0 Å².